The van der Waals surface area contributed by atoms with Crippen LogP contribution in [0.25, 0.3) is 5.69 Å². The molecule has 0 saturated heterocycles. The number of rotatable bonds is 12. The van der Waals surface area contributed by atoms with E-state index in [1.807, 2.05) is 41.8 Å². The lowest BCUT2D eigenvalue weighted by atomic mass is 10.00. The summed E-state index contributed by atoms with van der Waals surface area (Å²) in [5.41, 5.74) is 3.40. The molecule has 1 aliphatic heterocycles. The molecule has 1 aliphatic rings. The van der Waals surface area contributed by atoms with Gasteiger partial charge in [-0.15, -0.1) is 10.2 Å². The van der Waals surface area contributed by atoms with Crippen molar-refractivity contribution >= 4 is 43.4 Å². The van der Waals surface area contributed by atoms with Crippen LogP contribution in [0.1, 0.15) is 45.6 Å². The van der Waals surface area contributed by atoms with Gasteiger partial charge in [-0.1, -0.05) is 23.7 Å². The van der Waals surface area contributed by atoms with Crippen LogP contribution in [-0.2, 0) is 9.59 Å². The van der Waals surface area contributed by atoms with E-state index in [9.17, 15) is 19.2 Å². The summed E-state index contributed by atoms with van der Waals surface area (Å²) in [7, 11) is -0.820. The fraction of sp³-hybridized carbons (Fsp3) is 0.273. The number of carbonyl (C=O) groups excluding carboxylic acids is 3. The number of fused-ring (bicyclic) bond motifs is 3. The van der Waals surface area contributed by atoms with Gasteiger partial charge >= 0.3 is 0 Å². The minimum absolute atomic E-state index is 0.0952. The number of hydrogen-bond donors (Lipinski definition) is 4. The summed E-state index contributed by atoms with van der Waals surface area (Å²) in [5, 5.41) is 17.2. The Balaban J connectivity index is 1.21. The molecule has 0 radical (unpaired) electrons. The second-order valence-corrected chi connectivity index (χ2v) is 16.1. The molecule has 3 amide bonds. The number of aryl methyl sites for hydroxylation is 1. The third-order valence-corrected chi connectivity index (χ3v) is 8.68. The van der Waals surface area contributed by atoms with Gasteiger partial charge in [0, 0.05) is 27.9 Å². The van der Waals surface area contributed by atoms with Gasteiger partial charge in [0.1, 0.15) is 23.4 Å². The molecule has 0 bridgehead atoms. The van der Waals surface area contributed by atoms with E-state index in [4.69, 9.17) is 26.1 Å². The van der Waals surface area contributed by atoms with Gasteiger partial charge in [-0.25, -0.2) is 0 Å². The number of ether oxygens (including phenoxy) is 2. The maximum atomic E-state index is 13.2. The first kappa shape index (κ1) is 34.3. The molecule has 15 heteroatoms. The van der Waals surface area contributed by atoms with Crippen molar-refractivity contribution in [1.82, 2.24) is 30.7 Å². The van der Waals surface area contributed by atoms with Gasteiger partial charge in [0.2, 0.25) is 20.1 Å². The van der Waals surface area contributed by atoms with Crippen LogP contribution in [0.5, 0.6) is 11.5 Å². The van der Waals surface area contributed by atoms with Crippen molar-refractivity contribution in [2.24, 2.45) is 4.99 Å². The number of hydrogen-bond acceptors (Lipinski definition) is 9. The van der Waals surface area contributed by atoms with Gasteiger partial charge in [-0.05, 0) is 74.6 Å². The Morgan fingerprint density at radius 1 is 0.938 bits per heavy atom. The molecule has 48 heavy (non-hydrogen) atoms. The second-order valence-electron chi connectivity index (χ2n) is 11.7. The summed E-state index contributed by atoms with van der Waals surface area (Å²) < 4.78 is 12.9. The molecule has 13 nitrogen and oxygen atoms in total. The monoisotopic (exact) mass is 689 g/mol. The van der Waals surface area contributed by atoms with Crippen molar-refractivity contribution in [3.05, 3.63) is 100 Å². The number of amides is 3. The first-order valence-electron chi connectivity index (χ1n) is 15.1. The zero-order chi connectivity index (χ0) is 34.4. The fourth-order valence-corrected chi connectivity index (χ4v) is 5.69. The molecule has 250 valence electrons. The molecule has 1 atom stereocenters. The van der Waals surface area contributed by atoms with Gasteiger partial charge in [-0.3, -0.25) is 23.9 Å². The minimum atomic E-state index is -2.41. The summed E-state index contributed by atoms with van der Waals surface area (Å²) in [4.78, 5) is 52.8. The highest BCUT2D eigenvalue weighted by Gasteiger charge is 2.30. The molecule has 0 unspecified atom stereocenters. The van der Waals surface area contributed by atoms with Crippen molar-refractivity contribution in [3.63, 3.8) is 0 Å². The van der Waals surface area contributed by atoms with E-state index in [0.717, 1.165) is 16.8 Å². The molecular weight excluding hydrogens is 654 g/mol. The van der Waals surface area contributed by atoms with Crippen LogP contribution in [0, 0.1) is 6.92 Å². The lowest BCUT2D eigenvalue weighted by molar-refractivity contribution is -0.126. The van der Waals surface area contributed by atoms with Gasteiger partial charge < -0.3 is 30.2 Å². The molecule has 4 aromatic rings. The summed E-state index contributed by atoms with van der Waals surface area (Å²) in [6, 6.07) is 18.6. The highest BCUT2D eigenvalue weighted by molar-refractivity contribution is 6.70. The predicted molar refractivity (Wildman–Crippen MR) is 182 cm³/mol. The third-order valence-electron chi connectivity index (χ3n) is 7.38. The van der Waals surface area contributed by atoms with Gasteiger partial charge in [-0.2, -0.15) is 0 Å². The van der Waals surface area contributed by atoms with E-state index in [1.165, 1.54) is 0 Å². The van der Waals surface area contributed by atoms with Crippen LogP contribution in [0.4, 0.5) is 0 Å². The van der Waals surface area contributed by atoms with Gasteiger partial charge in [0.05, 0.1) is 31.5 Å². The molecule has 1 aromatic heterocycles. The number of nitrogens with zero attached hydrogens (tertiary/aromatic N) is 4. The summed E-state index contributed by atoms with van der Waals surface area (Å²) in [6.45, 7) is 4.87. The first-order chi connectivity index (χ1) is 22.9. The molecule has 0 aliphatic carbocycles. The standard InChI is InChI=1S/C33H36ClN7O6Si/c1-20-39-40-32-27(38-31(21-5-9-23(34)10-6-21)26-15-25(46-2)13-14-28(26)41(20)32)16-29(42)35-17-30(43)36-18-47-24-11-7-22(8-12-24)33(44)37-19-48(3,4)45/h5-15,27,45H,16-19H2,1-4H3,(H,35,42)(H,36,43)(H,37,44)/t27-/m0/s1. The maximum absolute atomic E-state index is 13.2. The molecular formula is C33H36ClN7O6Si. The van der Waals surface area contributed by atoms with E-state index < -0.39 is 26.2 Å². The maximum Gasteiger partial charge on any atom is 0.251 e. The molecule has 0 saturated carbocycles. The molecule has 0 fully saturated rings. The lowest BCUT2D eigenvalue weighted by Crippen LogP contribution is -2.42. The quantitative estimate of drug-likeness (QED) is 0.130. The Labute approximate surface area is 283 Å². The van der Waals surface area contributed by atoms with Gasteiger partial charge in [0.15, 0.2) is 12.6 Å². The Bertz CT molecular complexity index is 1840. The highest BCUT2D eigenvalue weighted by Crippen LogP contribution is 2.34. The number of aromatic nitrogens is 3. The van der Waals surface area contributed by atoms with Crippen LogP contribution >= 0.6 is 11.6 Å². The van der Waals surface area contributed by atoms with Crippen LogP contribution in [0.2, 0.25) is 18.1 Å². The third kappa shape index (κ3) is 8.45. The Morgan fingerprint density at radius 2 is 1.65 bits per heavy atom. The zero-order valence-electron chi connectivity index (χ0n) is 26.9. The smallest absolute Gasteiger partial charge is 0.251 e. The summed E-state index contributed by atoms with van der Waals surface area (Å²) in [5.74, 6) is 1.02. The number of aliphatic imine (C=N–C) groups is 1. The number of carbonyl (C=O) groups is 3. The SMILES string of the molecule is COc1ccc2c(c1)C(c1ccc(Cl)cc1)=N[C@@H](CC(=O)NCC(=O)NCOc1ccc(C(=O)NC[Si](C)(C)O)cc1)c1nnc(C)n1-2. The predicted octanol–water partition coefficient (Wildman–Crippen LogP) is 3.26. The fourth-order valence-electron chi connectivity index (χ4n) is 4.97. The van der Waals surface area contributed by atoms with Crippen molar-refractivity contribution in [2.75, 3.05) is 26.6 Å². The van der Waals surface area contributed by atoms with E-state index >= 15 is 0 Å². The van der Waals surface area contributed by atoms with Gasteiger partial charge in [0.25, 0.3) is 5.91 Å². The minimum Gasteiger partial charge on any atom is -0.497 e. The zero-order valence-corrected chi connectivity index (χ0v) is 28.7. The Morgan fingerprint density at radius 3 is 2.33 bits per heavy atom. The van der Waals surface area contributed by atoms with Crippen LogP contribution in [0.3, 0.4) is 0 Å². The topological polar surface area (TPSA) is 169 Å². The van der Waals surface area contributed by atoms with Crippen LogP contribution in [-0.4, -0.2) is 77.9 Å². The second kappa shape index (κ2) is 14.8. The van der Waals surface area contributed by atoms with E-state index in [0.29, 0.717) is 39.4 Å². The number of benzene rings is 3. The van der Waals surface area contributed by atoms with Crippen LogP contribution < -0.4 is 25.4 Å². The largest absolute Gasteiger partial charge is 0.497 e. The van der Waals surface area contributed by atoms with Crippen LogP contribution in [0.15, 0.2) is 71.7 Å². The van der Waals surface area contributed by atoms with Crippen molar-refractivity contribution < 1.29 is 28.7 Å². The molecule has 3 aromatic carbocycles. The summed E-state index contributed by atoms with van der Waals surface area (Å²) in [6.07, 6.45) is 0.151. The van der Waals surface area contributed by atoms with E-state index in [-0.39, 0.29) is 31.8 Å². The normalized spacial score (nSPS) is 13.7. The molecule has 2 heterocycles. The average Bonchev–Trinajstić information content (AvgIpc) is 3.39. The van der Waals surface area contributed by atoms with E-state index in [2.05, 4.69) is 26.1 Å². The molecule has 5 rings (SSSR count). The molecule has 4 N–H and O–H groups in total. The van der Waals surface area contributed by atoms with Crippen molar-refractivity contribution in [1.29, 1.82) is 0 Å². The number of methoxy groups -OCH3 is 1. The first-order valence-corrected chi connectivity index (χ1v) is 18.7. The number of halogens is 1. The highest BCUT2D eigenvalue weighted by atomic mass is 35.5. The summed E-state index contributed by atoms with van der Waals surface area (Å²) >= 11 is 6.17. The average molecular weight is 690 g/mol. The Kier molecular flexibility index (Phi) is 10.6. The van der Waals surface area contributed by atoms with Crippen molar-refractivity contribution in [3.8, 4) is 17.2 Å². The molecule has 0 spiro atoms. The van der Waals surface area contributed by atoms with E-state index in [1.54, 1.807) is 56.6 Å². The Hall–Kier alpha value is -5.05. The lowest BCUT2D eigenvalue weighted by Gasteiger charge is -2.15. The van der Waals surface area contributed by atoms with Crippen molar-refractivity contribution in [2.45, 2.75) is 32.5 Å². The number of nitrogens with one attached hydrogen (secondary N) is 3.